The molecule has 1 amide bonds. The number of aryl methyl sites for hydroxylation is 1. The summed E-state index contributed by atoms with van der Waals surface area (Å²) < 4.78 is 46.0. The molecule has 0 radical (unpaired) electrons. The zero-order valence-corrected chi connectivity index (χ0v) is 17.7. The third-order valence-corrected chi connectivity index (χ3v) is 6.22. The lowest BCUT2D eigenvalue weighted by molar-refractivity contribution is -0.137. The zero-order valence-electron chi connectivity index (χ0n) is 17.7. The van der Waals surface area contributed by atoms with Crippen LogP contribution in [-0.4, -0.2) is 56.1 Å². The lowest BCUT2D eigenvalue weighted by Gasteiger charge is -2.15. The number of hydrogen-bond acceptors (Lipinski definition) is 5. The van der Waals surface area contributed by atoms with Crippen molar-refractivity contribution in [3.8, 4) is 11.5 Å². The molecule has 3 aromatic rings. The molecule has 2 heterocycles. The lowest BCUT2D eigenvalue weighted by Crippen LogP contribution is -2.31. The number of hydrogen-bond donors (Lipinski definition) is 2. The molecule has 2 aromatic carbocycles. The van der Waals surface area contributed by atoms with Crippen LogP contribution >= 0.6 is 0 Å². The van der Waals surface area contributed by atoms with Gasteiger partial charge in [-0.1, -0.05) is 0 Å². The predicted molar refractivity (Wildman–Crippen MR) is 112 cm³/mol. The highest BCUT2D eigenvalue weighted by Gasteiger charge is 2.49. The van der Waals surface area contributed by atoms with Crippen LogP contribution < -0.4 is 4.74 Å². The molecule has 2 aliphatic rings. The summed E-state index contributed by atoms with van der Waals surface area (Å²) in [5.41, 5.74) is 0.808. The van der Waals surface area contributed by atoms with Crippen LogP contribution in [0.4, 0.5) is 13.2 Å². The van der Waals surface area contributed by atoms with Crippen LogP contribution in [-0.2, 0) is 18.0 Å². The van der Waals surface area contributed by atoms with Crippen molar-refractivity contribution in [3.63, 3.8) is 0 Å². The SMILES string of the molecule is Cn1cc2cc(Oc3ccc(C(F)(F)F)cc3)cc([C@@H]3C[C@H]3C(=O)N3C[C@@H](O)[C@@H](O)C3)c2n1. The van der Waals surface area contributed by atoms with Gasteiger partial charge < -0.3 is 19.8 Å². The summed E-state index contributed by atoms with van der Waals surface area (Å²) in [5, 5.41) is 24.8. The maximum atomic E-state index is 12.9. The molecule has 1 saturated carbocycles. The monoisotopic (exact) mass is 461 g/mol. The Morgan fingerprint density at radius 1 is 1.09 bits per heavy atom. The van der Waals surface area contributed by atoms with Crippen molar-refractivity contribution in [3.05, 3.63) is 53.7 Å². The number of β-amino-alcohol motifs (C(OH)–C–C–N with tert-alkyl or cyclic N) is 2. The number of likely N-dealkylation sites (tertiary alicyclic amines) is 1. The minimum atomic E-state index is -4.42. The molecule has 174 valence electrons. The highest BCUT2D eigenvalue weighted by Crippen LogP contribution is 2.51. The number of aromatic nitrogens is 2. The summed E-state index contributed by atoms with van der Waals surface area (Å²) >= 11 is 0. The third-order valence-electron chi connectivity index (χ3n) is 6.22. The summed E-state index contributed by atoms with van der Waals surface area (Å²) in [5.74, 6) is 0.208. The van der Waals surface area contributed by atoms with Gasteiger partial charge in [-0.2, -0.15) is 18.3 Å². The molecule has 1 aliphatic heterocycles. The maximum absolute atomic E-state index is 12.9. The molecule has 1 aromatic heterocycles. The van der Waals surface area contributed by atoms with E-state index in [2.05, 4.69) is 5.10 Å². The number of halogens is 3. The minimum absolute atomic E-state index is 0.0964. The number of amides is 1. The minimum Gasteiger partial charge on any atom is -0.457 e. The lowest BCUT2D eigenvalue weighted by atomic mass is 10.0. The summed E-state index contributed by atoms with van der Waals surface area (Å²) in [6.45, 7) is 0.221. The molecule has 0 spiro atoms. The Bertz CT molecular complexity index is 1200. The van der Waals surface area contributed by atoms with Crippen molar-refractivity contribution in [2.45, 2.75) is 30.7 Å². The van der Waals surface area contributed by atoms with Gasteiger partial charge in [0.05, 0.1) is 23.3 Å². The van der Waals surface area contributed by atoms with Gasteiger partial charge in [0.2, 0.25) is 5.91 Å². The van der Waals surface area contributed by atoms with Crippen LogP contribution in [0.5, 0.6) is 11.5 Å². The van der Waals surface area contributed by atoms with Crippen molar-refractivity contribution in [1.29, 1.82) is 0 Å². The Morgan fingerprint density at radius 3 is 2.39 bits per heavy atom. The third kappa shape index (κ3) is 4.16. The van der Waals surface area contributed by atoms with Gasteiger partial charge in [-0.15, -0.1) is 0 Å². The number of alkyl halides is 3. The molecule has 33 heavy (non-hydrogen) atoms. The molecule has 0 bridgehead atoms. The largest absolute Gasteiger partial charge is 0.457 e. The standard InChI is InChI=1S/C23H22F3N3O4/c1-28-9-12-6-15(33-14-4-2-13(3-5-14)23(24,25)26)7-17(21(12)27-28)16-8-18(16)22(32)29-10-19(30)20(31)11-29/h2-7,9,16,18-20,30-31H,8,10-11H2,1H3/t16-,18+,19-,20+/m0/s1. The van der Waals surface area contributed by atoms with E-state index in [1.165, 1.54) is 17.0 Å². The first-order valence-corrected chi connectivity index (χ1v) is 10.6. The van der Waals surface area contributed by atoms with Crippen molar-refractivity contribution < 1.29 is 32.9 Å². The molecule has 4 atom stereocenters. The van der Waals surface area contributed by atoms with E-state index < -0.39 is 23.9 Å². The number of nitrogens with zero attached hydrogens (tertiary/aromatic N) is 3. The highest BCUT2D eigenvalue weighted by molar-refractivity contribution is 5.88. The van der Waals surface area contributed by atoms with E-state index in [-0.39, 0.29) is 36.6 Å². The van der Waals surface area contributed by atoms with E-state index in [1.807, 2.05) is 6.20 Å². The Labute approximate surface area is 187 Å². The number of fused-ring (bicyclic) bond motifs is 1. The van der Waals surface area contributed by atoms with Crippen molar-refractivity contribution in [2.75, 3.05) is 13.1 Å². The summed E-state index contributed by atoms with van der Waals surface area (Å²) in [6, 6.07) is 8.00. The number of carbonyl (C=O) groups excluding carboxylic acids is 1. The highest BCUT2D eigenvalue weighted by atomic mass is 19.4. The smallest absolute Gasteiger partial charge is 0.416 e. The molecular formula is C23H22F3N3O4. The van der Waals surface area contributed by atoms with Gasteiger partial charge in [0.15, 0.2) is 0 Å². The summed E-state index contributed by atoms with van der Waals surface area (Å²) in [4.78, 5) is 14.4. The first-order valence-electron chi connectivity index (χ1n) is 10.6. The normalized spacial score (nSPS) is 25.0. The number of aliphatic hydroxyl groups excluding tert-OH is 2. The Balaban J connectivity index is 1.40. The first kappa shape index (κ1) is 21.7. The van der Waals surface area contributed by atoms with Gasteiger partial charge in [-0.05, 0) is 54.3 Å². The molecule has 2 N–H and O–H groups in total. The van der Waals surface area contributed by atoms with Gasteiger partial charge in [0, 0.05) is 37.6 Å². The van der Waals surface area contributed by atoms with E-state index in [4.69, 9.17) is 4.74 Å². The average Bonchev–Trinajstić information content (AvgIpc) is 3.35. The second kappa shape index (κ2) is 7.74. The van der Waals surface area contributed by atoms with Gasteiger partial charge in [-0.3, -0.25) is 9.48 Å². The van der Waals surface area contributed by atoms with E-state index in [1.54, 1.807) is 23.9 Å². The van der Waals surface area contributed by atoms with Crippen LogP contribution in [0.15, 0.2) is 42.6 Å². The fourth-order valence-corrected chi connectivity index (χ4v) is 4.44. The van der Waals surface area contributed by atoms with E-state index in [9.17, 15) is 28.2 Å². The summed E-state index contributed by atoms with van der Waals surface area (Å²) in [6.07, 6.45) is -3.87. The molecule has 2 fully saturated rings. The van der Waals surface area contributed by atoms with E-state index in [0.29, 0.717) is 12.2 Å². The maximum Gasteiger partial charge on any atom is 0.416 e. The Hall–Kier alpha value is -3.11. The van der Waals surface area contributed by atoms with Gasteiger partial charge in [0.25, 0.3) is 0 Å². The van der Waals surface area contributed by atoms with Crippen LogP contribution in [0.25, 0.3) is 10.9 Å². The number of aliphatic hydroxyl groups is 2. The second-order valence-corrected chi connectivity index (χ2v) is 8.70. The van der Waals surface area contributed by atoms with Crippen molar-refractivity contribution >= 4 is 16.8 Å². The topological polar surface area (TPSA) is 87.8 Å². The number of benzene rings is 2. The quantitative estimate of drug-likeness (QED) is 0.624. The fourth-order valence-electron chi connectivity index (χ4n) is 4.44. The van der Waals surface area contributed by atoms with E-state index >= 15 is 0 Å². The number of rotatable bonds is 4. The van der Waals surface area contributed by atoms with Crippen molar-refractivity contribution in [2.24, 2.45) is 13.0 Å². The Kier molecular flexibility index (Phi) is 5.09. The van der Waals surface area contributed by atoms with Crippen LogP contribution in [0.3, 0.4) is 0 Å². The van der Waals surface area contributed by atoms with Crippen LogP contribution in [0, 0.1) is 5.92 Å². The molecule has 5 rings (SSSR count). The molecule has 1 aliphatic carbocycles. The zero-order chi connectivity index (χ0) is 23.5. The molecule has 0 unspecified atom stereocenters. The second-order valence-electron chi connectivity index (χ2n) is 8.70. The molecule has 10 heteroatoms. The van der Waals surface area contributed by atoms with Gasteiger partial charge in [0.1, 0.15) is 11.5 Å². The van der Waals surface area contributed by atoms with E-state index in [0.717, 1.165) is 28.6 Å². The summed E-state index contributed by atoms with van der Waals surface area (Å²) in [7, 11) is 1.78. The van der Waals surface area contributed by atoms with Gasteiger partial charge >= 0.3 is 6.18 Å². The predicted octanol–water partition coefficient (Wildman–Crippen LogP) is 3.05. The van der Waals surface area contributed by atoms with Crippen LogP contribution in [0.1, 0.15) is 23.5 Å². The van der Waals surface area contributed by atoms with Gasteiger partial charge in [-0.25, -0.2) is 0 Å². The van der Waals surface area contributed by atoms with Crippen LogP contribution in [0.2, 0.25) is 0 Å². The first-order chi connectivity index (χ1) is 15.6. The van der Waals surface area contributed by atoms with Crippen molar-refractivity contribution in [1.82, 2.24) is 14.7 Å². The number of ether oxygens (including phenoxy) is 1. The molecular weight excluding hydrogens is 439 g/mol. The number of carbonyl (C=O) groups is 1. The Morgan fingerprint density at radius 2 is 1.76 bits per heavy atom. The fraction of sp³-hybridized carbons (Fsp3) is 0.391. The average molecular weight is 461 g/mol. The molecule has 1 saturated heterocycles. The molecule has 7 nitrogen and oxygen atoms in total.